The van der Waals surface area contributed by atoms with Crippen molar-refractivity contribution in [2.45, 2.75) is 32.7 Å². The number of para-hydroxylation sites is 1. The fourth-order valence-corrected chi connectivity index (χ4v) is 2.61. The standard InChI is InChI=1S/C17H20N6O2/c1-2-22-12-19-20-15(22)10-11-18-17(25)14-8-9-16(24)23(21-14)13-6-4-3-5-7-13/h3-7,12H,2,8-11H2,1H3,(H,18,25). The zero-order valence-corrected chi connectivity index (χ0v) is 14.1. The number of hydrazone groups is 1. The van der Waals surface area contributed by atoms with Gasteiger partial charge in [-0.2, -0.15) is 5.10 Å². The van der Waals surface area contributed by atoms with Crippen LogP contribution in [0.25, 0.3) is 0 Å². The first-order chi connectivity index (χ1) is 12.2. The minimum atomic E-state index is -0.254. The lowest BCUT2D eigenvalue weighted by Gasteiger charge is -2.23. The first kappa shape index (κ1) is 16.8. The molecule has 1 aliphatic heterocycles. The summed E-state index contributed by atoms with van der Waals surface area (Å²) in [6, 6.07) is 9.11. The average molecular weight is 340 g/mol. The van der Waals surface area contributed by atoms with Crippen LogP contribution in [-0.2, 0) is 22.6 Å². The SMILES string of the molecule is CCn1cnnc1CCNC(=O)C1=NN(c2ccccc2)C(=O)CC1. The molecule has 0 atom stereocenters. The molecule has 0 aliphatic carbocycles. The monoisotopic (exact) mass is 340 g/mol. The molecule has 0 radical (unpaired) electrons. The van der Waals surface area contributed by atoms with Crippen molar-refractivity contribution in [2.75, 3.05) is 11.6 Å². The van der Waals surface area contributed by atoms with Gasteiger partial charge in [-0.25, -0.2) is 5.01 Å². The van der Waals surface area contributed by atoms with Crippen molar-refractivity contribution < 1.29 is 9.59 Å². The van der Waals surface area contributed by atoms with Gasteiger partial charge in [0.1, 0.15) is 17.9 Å². The lowest BCUT2D eigenvalue weighted by atomic mass is 10.1. The fourth-order valence-electron chi connectivity index (χ4n) is 2.61. The average Bonchev–Trinajstić information content (AvgIpc) is 3.10. The molecule has 25 heavy (non-hydrogen) atoms. The predicted molar refractivity (Wildman–Crippen MR) is 93.0 cm³/mol. The number of carbonyl (C=O) groups is 2. The molecule has 3 rings (SSSR count). The van der Waals surface area contributed by atoms with Crippen LogP contribution < -0.4 is 10.3 Å². The van der Waals surface area contributed by atoms with E-state index < -0.39 is 0 Å². The maximum atomic E-state index is 12.3. The molecule has 130 valence electrons. The van der Waals surface area contributed by atoms with Gasteiger partial charge in [0.15, 0.2) is 0 Å². The van der Waals surface area contributed by atoms with Crippen molar-refractivity contribution in [3.8, 4) is 0 Å². The quantitative estimate of drug-likeness (QED) is 0.853. The largest absolute Gasteiger partial charge is 0.350 e. The van der Waals surface area contributed by atoms with Gasteiger partial charge in [0, 0.05) is 32.4 Å². The Kier molecular flexibility index (Phi) is 5.17. The van der Waals surface area contributed by atoms with Gasteiger partial charge >= 0.3 is 0 Å². The lowest BCUT2D eigenvalue weighted by molar-refractivity contribution is -0.118. The zero-order chi connectivity index (χ0) is 17.6. The maximum Gasteiger partial charge on any atom is 0.267 e. The fraction of sp³-hybridized carbons (Fsp3) is 0.353. The third-order valence-corrected chi connectivity index (χ3v) is 3.97. The van der Waals surface area contributed by atoms with Gasteiger partial charge in [0.25, 0.3) is 5.91 Å². The number of hydrogen-bond acceptors (Lipinski definition) is 5. The van der Waals surface area contributed by atoms with E-state index >= 15 is 0 Å². The minimum Gasteiger partial charge on any atom is -0.350 e. The van der Waals surface area contributed by atoms with E-state index in [0.29, 0.717) is 30.8 Å². The van der Waals surface area contributed by atoms with E-state index in [0.717, 1.165) is 12.4 Å². The van der Waals surface area contributed by atoms with Crippen LogP contribution in [0.4, 0.5) is 5.69 Å². The molecular formula is C17H20N6O2. The molecule has 0 bridgehead atoms. The summed E-state index contributed by atoms with van der Waals surface area (Å²) in [5, 5.41) is 16.3. The number of nitrogens with zero attached hydrogens (tertiary/aromatic N) is 5. The second-order valence-corrected chi connectivity index (χ2v) is 5.63. The highest BCUT2D eigenvalue weighted by atomic mass is 16.2. The number of nitrogens with one attached hydrogen (secondary N) is 1. The van der Waals surface area contributed by atoms with Gasteiger partial charge in [0.2, 0.25) is 5.91 Å². The first-order valence-corrected chi connectivity index (χ1v) is 8.29. The van der Waals surface area contributed by atoms with Crippen molar-refractivity contribution in [2.24, 2.45) is 5.10 Å². The van der Waals surface area contributed by atoms with Crippen LogP contribution in [0.3, 0.4) is 0 Å². The van der Waals surface area contributed by atoms with E-state index in [1.54, 1.807) is 18.5 Å². The highest BCUT2D eigenvalue weighted by molar-refractivity contribution is 6.40. The van der Waals surface area contributed by atoms with E-state index in [1.165, 1.54) is 5.01 Å². The number of aryl methyl sites for hydroxylation is 1. The number of benzene rings is 1. The second-order valence-electron chi connectivity index (χ2n) is 5.63. The molecule has 8 heteroatoms. The summed E-state index contributed by atoms with van der Waals surface area (Å²) in [6.45, 7) is 3.24. The maximum absolute atomic E-state index is 12.3. The molecular weight excluding hydrogens is 320 g/mol. The Bertz CT molecular complexity index is 783. The summed E-state index contributed by atoms with van der Waals surface area (Å²) < 4.78 is 1.93. The van der Waals surface area contributed by atoms with E-state index in [2.05, 4.69) is 20.6 Å². The third-order valence-electron chi connectivity index (χ3n) is 3.97. The first-order valence-electron chi connectivity index (χ1n) is 8.29. The highest BCUT2D eigenvalue weighted by Crippen LogP contribution is 2.19. The molecule has 1 aliphatic rings. The molecule has 1 aromatic heterocycles. The Morgan fingerprint density at radius 1 is 1.24 bits per heavy atom. The number of rotatable bonds is 6. The number of aromatic nitrogens is 3. The van der Waals surface area contributed by atoms with E-state index in [1.807, 2.05) is 29.7 Å². The van der Waals surface area contributed by atoms with Gasteiger partial charge in [-0.3, -0.25) is 9.59 Å². The molecule has 2 amide bonds. The van der Waals surface area contributed by atoms with Crippen LogP contribution in [0, 0.1) is 0 Å². The number of anilines is 1. The molecule has 0 saturated carbocycles. The van der Waals surface area contributed by atoms with Crippen LogP contribution in [0.1, 0.15) is 25.6 Å². The van der Waals surface area contributed by atoms with Gasteiger partial charge in [0.05, 0.1) is 5.69 Å². The smallest absolute Gasteiger partial charge is 0.267 e. The van der Waals surface area contributed by atoms with Crippen LogP contribution in [0.2, 0.25) is 0 Å². The molecule has 2 aromatic rings. The van der Waals surface area contributed by atoms with Crippen LogP contribution in [0.5, 0.6) is 0 Å². The molecule has 0 unspecified atom stereocenters. The highest BCUT2D eigenvalue weighted by Gasteiger charge is 2.25. The molecule has 1 aromatic carbocycles. The Labute approximate surface area is 145 Å². The van der Waals surface area contributed by atoms with Crippen molar-refractivity contribution in [3.63, 3.8) is 0 Å². The summed E-state index contributed by atoms with van der Waals surface area (Å²) in [5.41, 5.74) is 1.02. The summed E-state index contributed by atoms with van der Waals surface area (Å²) >= 11 is 0. The summed E-state index contributed by atoms with van der Waals surface area (Å²) in [4.78, 5) is 24.4. The lowest BCUT2D eigenvalue weighted by Crippen LogP contribution is -2.39. The van der Waals surface area contributed by atoms with Gasteiger partial charge in [-0.15, -0.1) is 10.2 Å². The van der Waals surface area contributed by atoms with Crippen molar-refractivity contribution in [3.05, 3.63) is 42.5 Å². The zero-order valence-electron chi connectivity index (χ0n) is 14.1. The van der Waals surface area contributed by atoms with Gasteiger partial charge in [-0.1, -0.05) is 18.2 Å². The number of amides is 2. The third kappa shape index (κ3) is 3.90. The molecule has 1 N–H and O–H groups in total. The number of hydrogen-bond donors (Lipinski definition) is 1. The van der Waals surface area contributed by atoms with Crippen LogP contribution in [0.15, 0.2) is 41.8 Å². The molecule has 2 heterocycles. The van der Waals surface area contributed by atoms with E-state index in [4.69, 9.17) is 0 Å². The Balaban J connectivity index is 1.62. The van der Waals surface area contributed by atoms with E-state index in [-0.39, 0.29) is 18.2 Å². The Hall–Kier alpha value is -3.03. The molecule has 0 saturated heterocycles. The van der Waals surface area contributed by atoms with E-state index in [9.17, 15) is 9.59 Å². The van der Waals surface area contributed by atoms with Gasteiger partial charge < -0.3 is 9.88 Å². The Morgan fingerprint density at radius 2 is 2.04 bits per heavy atom. The van der Waals surface area contributed by atoms with Gasteiger partial charge in [-0.05, 0) is 19.1 Å². The Morgan fingerprint density at radius 3 is 2.80 bits per heavy atom. The van der Waals surface area contributed by atoms with Crippen LogP contribution >= 0.6 is 0 Å². The molecule has 0 spiro atoms. The summed E-state index contributed by atoms with van der Waals surface area (Å²) in [7, 11) is 0. The van der Waals surface area contributed by atoms with Crippen molar-refractivity contribution in [1.29, 1.82) is 0 Å². The summed E-state index contributed by atoms with van der Waals surface area (Å²) in [6.07, 6.45) is 2.88. The predicted octanol–water partition coefficient (Wildman–Crippen LogP) is 1.14. The second kappa shape index (κ2) is 7.69. The normalized spacial score (nSPS) is 14.4. The minimum absolute atomic E-state index is 0.112. The van der Waals surface area contributed by atoms with Crippen molar-refractivity contribution >= 4 is 23.2 Å². The molecule has 0 fully saturated rings. The summed E-state index contributed by atoms with van der Waals surface area (Å²) in [5.74, 6) is 0.462. The van der Waals surface area contributed by atoms with Crippen molar-refractivity contribution in [1.82, 2.24) is 20.1 Å². The van der Waals surface area contributed by atoms with Crippen LogP contribution in [-0.4, -0.2) is 38.8 Å². The topological polar surface area (TPSA) is 92.5 Å². The number of carbonyl (C=O) groups excluding carboxylic acids is 2. The molecule has 8 nitrogen and oxygen atoms in total.